The van der Waals surface area contributed by atoms with Gasteiger partial charge < -0.3 is 10.4 Å². The van der Waals surface area contributed by atoms with Gasteiger partial charge in [-0.05, 0) is 36.1 Å². The van der Waals surface area contributed by atoms with E-state index >= 15 is 0 Å². The molecule has 4 heteroatoms. The molecular formula is C14H21NO2S. The summed E-state index contributed by atoms with van der Waals surface area (Å²) in [4.78, 5) is 12.9. The molecule has 2 rings (SSSR count). The molecule has 2 atom stereocenters. The zero-order valence-electron chi connectivity index (χ0n) is 10.6. The quantitative estimate of drug-likeness (QED) is 0.859. The van der Waals surface area contributed by atoms with E-state index in [0.717, 1.165) is 24.3 Å². The molecule has 0 spiro atoms. The van der Waals surface area contributed by atoms with E-state index < -0.39 is 0 Å². The fraction of sp³-hybridized carbons (Fsp3) is 0.643. The van der Waals surface area contributed by atoms with Crippen molar-refractivity contribution in [2.75, 3.05) is 13.2 Å². The van der Waals surface area contributed by atoms with Crippen molar-refractivity contribution in [1.82, 2.24) is 5.32 Å². The van der Waals surface area contributed by atoms with Crippen LogP contribution in [0, 0.1) is 11.8 Å². The van der Waals surface area contributed by atoms with Gasteiger partial charge in [0.25, 0.3) is 0 Å². The standard InChI is InChI=1S/C14H21NO2S/c16-10-12-5-2-1-4-11(12)9-15-14(17)8-13-6-3-7-18-13/h3,6-7,11-12,16H,1-2,4-5,8-10H2,(H,15,17). The topological polar surface area (TPSA) is 49.3 Å². The number of aliphatic hydroxyl groups excluding tert-OH is 1. The number of carbonyl (C=O) groups excluding carboxylic acids is 1. The van der Waals surface area contributed by atoms with Gasteiger partial charge >= 0.3 is 0 Å². The van der Waals surface area contributed by atoms with Crippen LogP contribution in [0.3, 0.4) is 0 Å². The summed E-state index contributed by atoms with van der Waals surface area (Å²) in [5.41, 5.74) is 0. The maximum absolute atomic E-state index is 11.8. The third kappa shape index (κ3) is 3.82. The number of thiophene rings is 1. The van der Waals surface area contributed by atoms with Crippen LogP contribution >= 0.6 is 11.3 Å². The molecule has 1 fully saturated rings. The van der Waals surface area contributed by atoms with Crippen LogP contribution in [-0.4, -0.2) is 24.2 Å². The predicted octanol–water partition coefficient (Wildman–Crippen LogP) is 2.21. The van der Waals surface area contributed by atoms with Gasteiger partial charge in [0, 0.05) is 18.0 Å². The lowest BCUT2D eigenvalue weighted by Crippen LogP contribution is -2.36. The molecule has 1 aliphatic carbocycles. The van der Waals surface area contributed by atoms with Gasteiger partial charge in [0.15, 0.2) is 0 Å². The largest absolute Gasteiger partial charge is 0.396 e. The lowest BCUT2D eigenvalue weighted by Gasteiger charge is -2.30. The SMILES string of the molecule is O=C(Cc1cccs1)NCC1CCCCC1CO. The Balaban J connectivity index is 1.74. The first-order valence-electron chi connectivity index (χ1n) is 6.69. The van der Waals surface area contributed by atoms with Crippen LogP contribution in [0.2, 0.25) is 0 Å². The molecule has 3 nitrogen and oxygen atoms in total. The second-order valence-electron chi connectivity index (χ2n) is 5.05. The minimum atomic E-state index is 0.0970. The predicted molar refractivity (Wildman–Crippen MR) is 73.6 cm³/mol. The zero-order valence-corrected chi connectivity index (χ0v) is 11.4. The van der Waals surface area contributed by atoms with Crippen LogP contribution in [-0.2, 0) is 11.2 Å². The lowest BCUT2D eigenvalue weighted by molar-refractivity contribution is -0.120. The Hall–Kier alpha value is -0.870. The summed E-state index contributed by atoms with van der Waals surface area (Å²) < 4.78 is 0. The molecule has 1 heterocycles. The van der Waals surface area contributed by atoms with Gasteiger partial charge in [-0.1, -0.05) is 18.9 Å². The molecule has 1 amide bonds. The minimum absolute atomic E-state index is 0.0970. The third-order valence-electron chi connectivity index (χ3n) is 3.78. The summed E-state index contributed by atoms with van der Waals surface area (Å²) >= 11 is 1.62. The second kappa shape index (κ2) is 6.90. The van der Waals surface area contributed by atoms with E-state index in [1.807, 2.05) is 17.5 Å². The fourth-order valence-electron chi connectivity index (χ4n) is 2.67. The number of nitrogens with one attached hydrogen (secondary N) is 1. The van der Waals surface area contributed by atoms with E-state index in [1.165, 1.54) is 12.8 Å². The van der Waals surface area contributed by atoms with Gasteiger partial charge in [-0.3, -0.25) is 4.79 Å². The maximum Gasteiger partial charge on any atom is 0.225 e. The first-order chi connectivity index (χ1) is 8.79. The summed E-state index contributed by atoms with van der Waals surface area (Å²) in [6, 6.07) is 3.96. The first-order valence-corrected chi connectivity index (χ1v) is 7.57. The van der Waals surface area contributed by atoms with Gasteiger partial charge in [-0.15, -0.1) is 11.3 Å². The van der Waals surface area contributed by atoms with Crippen LogP contribution in [0.25, 0.3) is 0 Å². The number of hydrogen-bond acceptors (Lipinski definition) is 3. The first kappa shape index (κ1) is 13.6. The minimum Gasteiger partial charge on any atom is -0.396 e. The highest BCUT2D eigenvalue weighted by Crippen LogP contribution is 2.29. The Kier molecular flexibility index (Phi) is 5.20. The van der Waals surface area contributed by atoms with Crippen molar-refractivity contribution in [3.63, 3.8) is 0 Å². The van der Waals surface area contributed by atoms with Crippen molar-refractivity contribution in [1.29, 1.82) is 0 Å². The number of carbonyl (C=O) groups is 1. The molecule has 1 saturated carbocycles. The number of amides is 1. The van der Waals surface area contributed by atoms with Crippen LogP contribution in [0.5, 0.6) is 0 Å². The molecule has 0 aliphatic heterocycles. The molecule has 0 aromatic carbocycles. The van der Waals surface area contributed by atoms with E-state index in [1.54, 1.807) is 11.3 Å². The Morgan fingerprint density at radius 2 is 2.17 bits per heavy atom. The number of aliphatic hydroxyl groups is 1. The zero-order chi connectivity index (χ0) is 12.8. The van der Waals surface area contributed by atoms with Crippen molar-refractivity contribution in [2.24, 2.45) is 11.8 Å². The highest BCUT2D eigenvalue weighted by atomic mass is 32.1. The van der Waals surface area contributed by atoms with Gasteiger partial charge in [-0.25, -0.2) is 0 Å². The fourth-order valence-corrected chi connectivity index (χ4v) is 3.38. The van der Waals surface area contributed by atoms with Crippen molar-refractivity contribution in [2.45, 2.75) is 32.1 Å². The van der Waals surface area contributed by atoms with E-state index in [2.05, 4.69) is 5.32 Å². The molecular weight excluding hydrogens is 246 g/mol. The van der Waals surface area contributed by atoms with Crippen LogP contribution in [0.15, 0.2) is 17.5 Å². The lowest BCUT2D eigenvalue weighted by atomic mass is 9.79. The number of hydrogen-bond donors (Lipinski definition) is 2. The van der Waals surface area contributed by atoms with E-state index in [9.17, 15) is 9.90 Å². The summed E-state index contributed by atoms with van der Waals surface area (Å²) in [6.45, 7) is 0.973. The average molecular weight is 267 g/mol. The molecule has 2 N–H and O–H groups in total. The van der Waals surface area contributed by atoms with Crippen molar-refractivity contribution < 1.29 is 9.90 Å². The Labute approximate surface area is 112 Å². The molecule has 100 valence electrons. The molecule has 1 aromatic heterocycles. The Bertz CT molecular complexity index is 364. The molecule has 2 unspecified atom stereocenters. The van der Waals surface area contributed by atoms with E-state index in [-0.39, 0.29) is 12.5 Å². The molecule has 1 aliphatic rings. The molecule has 1 aromatic rings. The number of rotatable bonds is 5. The molecule has 0 saturated heterocycles. The summed E-state index contributed by atoms with van der Waals surface area (Å²) in [5.74, 6) is 0.927. The van der Waals surface area contributed by atoms with Crippen LogP contribution in [0.1, 0.15) is 30.6 Å². The Morgan fingerprint density at radius 3 is 2.83 bits per heavy atom. The smallest absolute Gasteiger partial charge is 0.225 e. The summed E-state index contributed by atoms with van der Waals surface area (Å²) in [6.07, 6.45) is 5.15. The Morgan fingerprint density at radius 1 is 1.39 bits per heavy atom. The van der Waals surface area contributed by atoms with Crippen LogP contribution < -0.4 is 5.32 Å². The summed E-state index contributed by atoms with van der Waals surface area (Å²) in [7, 11) is 0. The molecule has 18 heavy (non-hydrogen) atoms. The van der Waals surface area contributed by atoms with Gasteiger partial charge in [0.2, 0.25) is 5.91 Å². The van der Waals surface area contributed by atoms with Crippen molar-refractivity contribution >= 4 is 17.2 Å². The van der Waals surface area contributed by atoms with Crippen LogP contribution in [0.4, 0.5) is 0 Å². The maximum atomic E-state index is 11.8. The average Bonchev–Trinajstić information content (AvgIpc) is 2.89. The molecule has 0 radical (unpaired) electrons. The highest BCUT2D eigenvalue weighted by molar-refractivity contribution is 7.10. The van der Waals surface area contributed by atoms with Gasteiger partial charge in [0.1, 0.15) is 0 Å². The monoisotopic (exact) mass is 267 g/mol. The summed E-state index contributed by atoms with van der Waals surface area (Å²) in [5, 5.41) is 14.3. The van der Waals surface area contributed by atoms with Gasteiger partial charge in [-0.2, -0.15) is 0 Å². The van der Waals surface area contributed by atoms with Crippen molar-refractivity contribution in [3.05, 3.63) is 22.4 Å². The van der Waals surface area contributed by atoms with Gasteiger partial charge in [0.05, 0.1) is 6.42 Å². The van der Waals surface area contributed by atoms with E-state index in [0.29, 0.717) is 18.3 Å². The van der Waals surface area contributed by atoms with E-state index in [4.69, 9.17) is 0 Å². The normalized spacial score (nSPS) is 23.8. The second-order valence-corrected chi connectivity index (χ2v) is 6.08. The van der Waals surface area contributed by atoms with Crippen molar-refractivity contribution in [3.8, 4) is 0 Å². The third-order valence-corrected chi connectivity index (χ3v) is 4.65. The molecule has 0 bridgehead atoms. The highest BCUT2D eigenvalue weighted by Gasteiger charge is 2.24.